The zero-order chi connectivity index (χ0) is 10.6. The summed E-state index contributed by atoms with van der Waals surface area (Å²) in [5.74, 6) is 0.745. The monoisotopic (exact) mass is 199 g/mol. The first-order chi connectivity index (χ1) is 6.61. The molecular weight excluding hydrogens is 178 g/mol. The molecule has 14 heavy (non-hydrogen) atoms. The molecule has 1 rings (SSSR count). The molecule has 1 aliphatic heterocycles. The molecule has 1 saturated heterocycles. The lowest BCUT2D eigenvalue weighted by Crippen LogP contribution is -2.55. The molecule has 4 heteroatoms. The third-order valence-corrected chi connectivity index (χ3v) is 2.35. The van der Waals surface area contributed by atoms with Crippen molar-refractivity contribution in [3.8, 4) is 0 Å². The van der Waals surface area contributed by atoms with Crippen molar-refractivity contribution < 1.29 is 4.79 Å². The maximum atomic E-state index is 11.3. The van der Waals surface area contributed by atoms with Gasteiger partial charge >= 0.3 is 0 Å². The fourth-order valence-corrected chi connectivity index (χ4v) is 1.92. The van der Waals surface area contributed by atoms with Gasteiger partial charge < -0.3 is 11.1 Å². The van der Waals surface area contributed by atoms with Gasteiger partial charge in [-0.3, -0.25) is 9.69 Å². The predicted octanol–water partition coefficient (Wildman–Crippen LogP) is -0.208. The smallest absolute Gasteiger partial charge is 0.234 e. The lowest BCUT2D eigenvalue weighted by molar-refractivity contribution is -0.125. The van der Waals surface area contributed by atoms with Crippen LogP contribution in [0, 0.1) is 5.92 Å². The zero-order valence-electron chi connectivity index (χ0n) is 9.12. The Morgan fingerprint density at radius 1 is 1.64 bits per heavy atom. The van der Waals surface area contributed by atoms with E-state index in [2.05, 4.69) is 24.1 Å². The third kappa shape index (κ3) is 3.64. The number of amides is 1. The van der Waals surface area contributed by atoms with Gasteiger partial charge in [0, 0.05) is 19.1 Å². The highest BCUT2D eigenvalue weighted by Crippen LogP contribution is 2.06. The van der Waals surface area contributed by atoms with Crippen molar-refractivity contribution in [3.05, 3.63) is 0 Å². The second-order valence-electron chi connectivity index (χ2n) is 4.43. The summed E-state index contributed by atoms with van der Waals surface area (Å²) in [5, 5.41) is 2.96. The molecule has 3 N–H and O–H groups in total. The third-order valence-electron chi connectivity index (χ3n) is 2.35. The van der Waals surface area contributed by atoms with E-state index in [1.807, 2.05) is 0 Å². The van der Waals surface area contributed by atoms with Gasteiger partial charge in [-0.25, -0.2) is 0 Å². The van der Waals surface area contributed by atoms with Crippen LogP contribution in [0.3, 0.4) is 0 Å². The van der Waals surface area contributed by atoms with Gasteiger partial charge in [-0.1, -0.05) is 13.8 Å². The number of nitrogens with two attached hydrogens (primary N) is 1. The first-order valence-electron chi connectivity index (χ1n) is 5.33. The van der Waals surface area contributed by atoms with Crippen LogP contribution in [0.1, 0.15) is 20.3 Å². The number of carbonyl (C=O) groups excluding carboxylic acids is 1. The lowest BCUT2D eigenvalue weighted by Gasteiger charge is -2.33. The minimum atomic E-state index is 0.135. The Morgan fingerprint density at radius 2 is 2.36 bits per heavy atom. The van der Waals surface area contributed by atoms with Crippen molar-refractivity contribution in [2.24, 2.45) is 11.7 Å². The fraction of sp³-hybridized carbons (Fsp3) is 0.900. The van der Waals surface area contributed by atoms with Gasteiger partial charge in [0.1, 0.15) is 0 Å². The van der Waals surface area contributed by atoms with E-state index in [1.54, 1.807) is 0 Å². The minimum absolute atomic E-state index is 0.135. The van der Waals surface area contributed by atoms with E-state index < -0.39 is 0 Å². The Balaban J connectivity index is 2.41. The van der Waals surface area contributed by atoms with E-state index in [0.29, 0.717) is 19.0 Å². The Morgan fingerprint density at radius 3 is 2.93 bits per heavy atom. The van der Waals surface area contributed by atoms with Crippen molar-refractivity contribution in [2.75, 3.05) is 26.2 Å². The zero-order valence-corrected chi connectivity index (χ0v) is 9.12. The van der Waals surface area contributed by atoms with E-state index >= 15 is 0 Å². The van der Waals surface area contributed by atoms with E-state index in [4.69, 9.17) is 5.73 Å². The summed E-state index contributed by atoms with van der Waals surface area (Å²) in [6, 6.07) is 0.250. The average molecular weight is 199 g/mol. The molecule has 1 unspecified atom stereocenters. The fourth-order valence-electron chi connectivity index (χ4n) is 1.92. The number of carbonyl (C=O) groups is 1. The van der Waals surface area contributed by atoms with E-state index in [-0.39, 0.29) is 11.9 Å². The molecule has 0 aromatic carbocycles. The van der Waals surface area contributed by atoms with Crippen LogP contribution in [0.15, 0.2) is 0 Å². The Labute approximate surface area is 85.8 Å². The molecule has 4 nitrogen and oxygen atoms in total. The summed E-state index contributed by atoms with van der Waals surface area (Å²) in [6.07, 6.45) is 0.875. The summed E-state index contributed by atoms with van der Waals surface area (Å²) >= 11 is 0. The maximum absolute atomic E-state index is 11.3. The van der Waals surface area contributed by atoms with Crippen LogP contribution in [0.25, 0.3) is 0 Å². The van der Waals surface area contributed by atoms with Crippen LogP contribution in [0.2, 0.25) is 0 Å². The van der Waals surface area contributed by atoms with Gasteiger partial charge in [-0.15, -0.1) is 0 Å². The quantitative estimate of drug-likeness (QED) is 0.659. The Hall–Kier alpha value is -0.610. The van der Waals surface area contributed by atoms with Crippen LogP contribution >= 0.6 is 0 Å². The topological polar surface area (TPSA) is 58.4 Å². The maximum Gasteiger partial charge on any atom is 0.234 e. The summed E-state index contributed by atoms with van der Waals surface area (Å²) in [7, 11) is 0. The highest BCUT2D eigenvalue weighted by atomic mass is 16.2. The molecule has 0 aliphatic carbocycles. The van der Waals surface area contributed by atoms with Gasteiger partial charge in [0.2, 0.25) is 5.91 Å². The van der Waals surface area contributed by atoms with E-state index in [0.717, 1.165) is 19.5 Å². The first-order valence-corrected chi connectivity index (χ1v) is 5.33. The van der Waals surface area contributed by atoms with Crippen LogP contribution < -0.4 is 11.1 Å². The molecule has 1 heterocycles. The van der Waals surface area contributed by atoms with Crippen molar-refractivity contribution in [3.63, 3.8) is 0 Å². The van der Waals surface area contributed by atoms with Gasteiger partial charge in [0.05, 0.1) is 6.54 Å². The molecular formula is C10H21N3O. The molecule has 0 aromatic rings. The number of hydrogen-bond donors (Lipinski definition) is 2. The number of nitrogens with one attached hydrogen (secondary N) is 1. The second kappa shape index (κ2) is 5.32. The molecule has 0 saturated carbocycles. The Bertz CT molecular complexity index is 194. The van der Waals surface area contributed by atoms with Crippen LogP contribution in [0.4, 0.5) is 0 Å². The normalized spacial score (nSPS) is 24.0. The summed E-state index contributed by atoms with van der Waals surface area (Å²) in [6.45, 7) is 7.46. The molecule has 1 fully saturated rings. The number of hydrogen-bond acceptors (Lipinski definition) is 3. The molecule has 0 spiro atoms. The summed E-state index contributed by atoms with van der Waals surface area (Å²) in [5.41, 5.74) is 5.48. The van der Waals surface area contributed by atoms with Gasteiger partial charge in [-0.2, -0.15) is 0 Å². The highest BCUT2D eigenvalue weighted by molar-refractivity contribution is 5.79. The van der Waals surface area contributed by atoms with Crippen molar-refractivity contribution >= 4 is 5.91 Å². The van der Waals surface area contributed by atoms with Crippen LogP contribution in [0.5, 0.6) is 0 Å². The molecule has 0 bridgehead atoms. The molecule has 0 radical (unpaired) electrons. The van der Waals surface area contributed by atoms with Crippen LogP contribution in [-0.2, 0) is 4.79 Å². The van der Waals surface area contributed by atoms with Crippen molar-refractivity contribution in [2.45, 2.75) is 26.3 Å². The standard InChI is InChI=1S/C10H21N3O/c1-8(2)5-13-6-9(3-4-11)12-10(14)7-13/h8-9H,3-7,11H2,1-2H3,(H,12,14). The van der Waals surface area contributed by atoms with E-state index in [1.165, 1.54) is 0 Å². The molecule has 1 amide bonds. The van der Waals surface area contributed by atoms with Gasteiger partial charge in [0.15, 0.2) is 0 Å². The highest BCUT2D eigenvalue weighted by Gasteiger charge is 2.23. The summed E-state index contributed by atoms with van der Waals surface area (Å²) in [4.78, 5) is 13.6. The molecule has 1 aliphatic rings. The largest absolute Gasteiger partial charge is 0.351 e. The second-order valence-corrected chi connectivity index (χ2v) is 4.43. The average Bonchev–Trinajstić information content (AvgIpc) is 2.01. The van der Waals surface area contributed by atoms with Crippen LogP contribution in [-0.4, -0.2) is 43.0 Å². The van der Waals surface area contributed by atoms with E-state index in [9.17, 15) is 4.79 Å². The predicted molar refractivity (Wildman–Crippen MR) is 56.9 cm³/mol. The SMILES string of the molecule is CC(C)CN1CC(=O)NC(CCN)C1. The molecule has 82 valence electrons. The minimum Gasteiger partial charge on any atom is -0.351 e. The number of rotatable bonds is 4. The number of piperazine rings is 1. The summed E-state index contributed by atoms with van der Waals surface area (Å²) < 4.78 is 0. The van der Waals surface area contributed by atoms with Gasteiger partial charge in [0.25, 0.3) is 0 Å². The van der Waals surface area contributed by atoms with Crippen molar-refractivity contribution in [1.29, 1.82) is 0 Å². The Kier molecular flexibility index (Phi) is 4.35. The lowest BCUT2D eigenvalue weighted by atomic mass is 10.1. The van der Waals surface area contributed by atoms with Gasteiger partial charge in [-0.05, 0) is 18.9 Å². The van der Waals surface area contributed by atoms with Crippen molar-refractivity contribution in [1.82, 2.24) is 10.2 Å². The first kappa shape index (κ1) is 11.5. The number of nitrogens with zero attached hydrogens (tertiary/aromatic N) is 1. The molecule has 1 atom stereocenters. The molecule has 0 aromatic heterocycles.